The van der Waals surface area contributed by atoms with E-state index in [0.29, 0.717) is 6.42 Å². The van der Waals surface area contributed by atoms with E-state index < -0.39 is 0 Å². The van der Waals surface area contributed by atoms with E-state index in [1.807, 2.05) is 0 Å². The monoisotopic (exact) mass is 390 g/mol. The lowest BCUT2D eigenvalue weighted by atomic mass is 10.0. The van der Waals surface area contributed by atoms with Gasteiger partial charge in [0.2, 0.25) is 0 Å². The maximum atomic E-state index is 11.1. The average molecular weight is 391 g/mol. The van der Waals surface area contributed by atoms with Gasteiger partial charge in [0.25, 0.3) is 0 Å². The van der Waals surface area contributed by atoms with Crippen molar-refractivity contribution < 1.29 is 9.53 Å². The fourth-order valence-electron chi connectivity index (χ4n) is 3.28. The minimum atomic E-state index is -0.0695. The smallest absolute Gasteiger partial charge is 0.305 e. The van der Waals surface area contributed by atoms with E-state index >= 15 is 0 Å². The average Bonchev–Trinajstić information content (AvgIpc) is 2.64. The molecule has 0 amide bonds. The van der Waals surface area contributed by atoms with Gasteiger partial charge in [0.1, 0.15) is 0 Å². The highest BCUT2D eigenvalue weighted by Crippen LogP contribution is 2.30. The van der Waals surface area contributed by atoms with Crippen molar-refractivity contribution in [3.8, 4) is 0 Å². The highest BCUT2D eigenvalue weighted by molar-refractivity contribution is 8.03. The molecular formula is C21H42O2S2. The predicted octanol–water partition coefficient (Wildman–Crippen LogP) is 7.10. The van der Waals surface area contributed by atoms with Gasteiger partial charge >= 0.3 is 5.97 Å². The third-order valence-corrected chi connectivity index (χ3v) is 7.47. The maximum Gasteiger partial charge on any atom is 0.305 e. The van der Waals surface area contributed by atoms with Gasteiger partial charge in [-0.2, -0.15) is 23.5 Å². The molecule has 0 aromatic heterocycles. The zero-order valence-electron chi connectivity index (χ0n) is 17.2. The van der Waals surface area contributed by atoms with E-state index in [9.17, 15) is 4.79 Å². The van der Waals surface area contributed by atoms with Gasteiger partial charge in [-0.25, -0.2) is 0 Å². The Morgan fingerprint density at radius 2 is 1.20 bits per heavy atom. The number of carbonyl (C=O) groups is 1. The molecule has 2 atom stereocenters. The Hall–Kier alpha value is 0.170. The van der Waals surface area contributed by atoms with Crippen LogP contribution in [0.25, 0.3) is 0 Å². The zero-order valence-corrected chi connectivity index (χ0v) is 18.8. The van der Waals surface area contributed by atoms with E-state index in [4.69, 9.17) is 0 Å². The van der Waals surface area contributed by atoms with E-state index in [2.05, 4.69) is 47.7 Å². The number of carbonyl (C=O) groups excluding carboxylic acids is 1. The van der Waals surface area contributed by atoms with Crippen molar-refractivity contribution in [1.82, 2.24) is 0 Å². The van der Waals surface area contributed by atoms with Gasteiger partial charge in [-0.15, -0.1) is 0 Å². The SMILES string of the molecule is CCCCCCCCC(SC)C(CCCCCCCC(=O)OC)SC. The maximum absolute atomic E-state index is 11.1. The number of hydrogen-bond donors (Lipinski definition) is 0. The summed E-state index contributed by atoms with van der Waals surface area (Å²) in [6, 6.07) is 0. The number of ether oxygens (including phenoxy) is 1. The van der Waals surface area contributed by atoms with Crippen molar-refractivity contribution in [3.05, 3.63) is 0 Å². The van der Waals surface area contributed by atoms with E-state index in [-0.39, 0.29) is 5.97 Å². The number of esters is 1. The second-order valence-corrected chi connectivity index (χ2v) is 9.14. The third kappa shape index (κ3) is 15.0. The molecule has 0 spiro atoms. The van der Waals surface area contributed by atoms with E-state index in [1.54, 1.807) is 0 Å². The molecular weight excluding hydrogens is 348 g/mol. The molecule has 0 heterocycles. The van der Waals surface area contributed by atoms with Gasteiger partial charge in [-0.1, -0.05) is 71.1 Å². The summed E-state index contributed by atoms with van der Waals surface area (Å²) in [5.74, 6) is -0.0695. The molecule has 0 saturated carbocycles. The Morgan fingerprint density at radius 3 is 1.64 bits per heavy atom. The summed E-state index contributed by atoms with van der Waals surface area (Å²) in [5, 5.41) is 1.63. The molecule has 150 valence electrons. The number of methoxy groups -OCH3 is 1. The van der Waals surface area contributed by atoms with Crippen molar-refractivity contribution >= 4 is 29.5 Å². The Kier molecular flexibility index (Phi) is 19.1. The first kappa shape index (κ1) is 25.2. The summed E-state index contributed by atoms with van der Waals surface area (Å²) in [4.78, 5) is 11.1. The summed E-state index contributed by atoms with van der Waals surface area (Å²) in [5.41, 5.74) is 0. The van der Waals surface area contributed by atoms with Gasteiger partial charge in [-0.05, 0) is 31.8 Å². The normalized spacial score (nSPS) is 13.6. The Labute approximate surface area is 166 Å². The molecule has 0 saturated heterocycles. The van der Waals surface area contributed by atoms with Crippen molar-refractivity contribution in [1.29, 1.82) is 0 Å². The Morgan fingerprint density at radius 1 is 0.760 bits per heavy atom. The van der Waals surface area contributed by atoms with Crippen LogP contribution in [-0.4, -0.2) is 36.1 Å². The molecule has 0 aromatic rings. The van der Waals surface area contributed by atoms with Crippen LogP contribution in [-0.2, 0) is 9.53 Å². The summed E-state index contributed by atoms with van der Waals surface area (Å²) in [7, 11) is 1.47. The van der Waals surface area contributed by atoms with Crippen molar-refractivity contribution in [2.24, 2.45) is 0 Å². The molecule has 4 heteroatoms. The van der Waals surface area contributed by atoms with Crippen LogP contribution in [0.1, 0.15) is 96.8 Å². The lowest BCUT2D eigenvalue weighted by molar-refractivity contribution is -0.140. The van der Waals surface area contributed by atoms with Crippen LogP contribution >= 0.6 is 23.5 Å². The number of rotatable bonds is 18. The molecule has 0 aliphatic carbocycles. The minimum absolute atomic E-state index is 0.0695. The van der Waals surface area contributed by atoms with Crippen LogP contribution in [0.4, 0.5) is 0 Å². The molecule has 0 N–H and O–H groups in total. The molecule has 0 rings (SSSR count). The molecule has 0 radical (unpaired) electrons. The summed E-state index contributed by atoms with van der Waals surface area (Å²) >= 11 is 4.14. The molecule has 2 unspecified atom stereocenters. The molecule has 0 aliphatic rings. The molecule has 25 heavy (non-hydrogen) atoms. The second kappa shape index (κ2) is 18.9. The van der Waals surface area contributed by atoms with Gasteiger partial charge in [0.05, 0.1) is 7.11 Å². The lowest BCUT2D eigenvalue weighted by Gasteiger charge is -2.24. The largest absolute Gasteiger partial charge is 0.469 e. The van der Waals surface area contributed by atoms with Crippen LogP contribution in [0.15, 0.2) is 0 Å². The molecule has 0 aliphatic heterocycles. The zero-order chi connectivity index (χ0) is 18.8. The predicted molar refractivity (Wildman–Crippen MR) is 117 cm³/mol. The van der Waals surface area contributed by atoms with Crippen molar-refractivity contribution in [3.63, 3.8) is 0 Å². The first-order valence-electron chi connectivity index (χ1n) is 10.3. The van der Waals surface area contributed by atoms with E-state index in [0.717, 1.165) is 23.3 Å². The number of thioether (sulfide) groups is 2. The summed E-state index contributed by atoms with van der Waals surface area (Å²) in [6.07, 6.45) is 22.3. The summed E-state index contributed by atoms with van der Waals surface area (Å²) < 4.78 is 4.68. The van der Waals surface area contributed by atoms with Gasteiger partial charge in [-0.3, -0.25) is 4.79 Å². The van der Waals surface area contributed by atoms with Gasteiger partial charge in [0.15, 0.2) is 0 Å². The van der Waals surface area contributed by atoms with Gasteiger partial charge in [0, 0.05) is 16.9 Å². The lowest BCUT2D eigenvalue weighted by Crippen LogP contribution is -2.19. The van der Waals surface area contributed by atoms with E-state index in [1.165, 1.54) is 77.7 Å². The second-order valence-electron chi connectivity index (χ2n) is 6.99. The fourth-order valence-corrected chi connectivity index (χ4v) is 5.63. The first-order valence-corrected chi connectivity index (χ1v) is 12.9. The number of hydrogen-bond acceptors (Lipinski definition) is 4. The first-order chi connectivity index (χ1) is 12.2. The molecule has 0 aromatic carbocycles. The highest BCUT2D eigenvalue weighted by atomic mass is 32.2. The standard InChI is InChI=1S/C21H42O2S2/c1-5-6-7-8-10-13-16-19(24-3)20(25-4)17-14-11-9-12-15-18-21(22)23-2/h19-20H,5-18H2,1-4H3. The van der Waals surface area contributed by atoms with Crippen LogP contribution in [0, 0.1) is 0 Å². The van der Waals surface area contributed by atoms with Crippen molar-refractivity contribution in [2.75, 3.05) is 19.6 Å². The van der Waals surface area contributed by atoms with Crippen molar-refractivity contribution in [2.45, 2.75) is 107 Å². The minimum Gasteiger partial charge on any atom is -0.469 e. The quantitative estimate of drug-likeness (QED) is 0.184. The van der Waals surface area contributed by atoms with Crippen LogP contribution in [0.5, 0.6) is 0 Å². The molecule has 0 fully saturated rings. The Balaban J connectivity index is 3.75. The van der Waals surface area contributed by atoms with Crippen LogP contribution in [0.3, 0.4) is 0 Å². The highest BCUT2D eigenvalue weighted by Gasteiger charge is 2.19. The topological polar surface area (TPSA) is 26.3 Å². The molecule has 0 bridgehead atoms. The Bertz CT molecular complexity index is 298. The van der Waals surface area contributed by atoms with Crippen LogP contribution < -0.4 is 0 Å². The summed E-state index contributed by atoms with van der Waals surface area (Å²) in [6.45, 7) is 2.28. The third-order valence-electron chi connectivity index (χ3n) is 4.96. The van der Waals surface area contributed by atoms with Gasteiger partial charge < -0.3 is 4.74 Å². The number of unbranched alkanes of at least 4 members (excludes halogenated alkanes) is 9. The van der Waals surface area contributed by atoms with Crippen LogP contribution in [0.2, 0.25) is 0 Å². The fraction of sp³-hybridized carbons (Fsp3) is 0.952. The molecule has 2 nitrogen and oxygen atoms in total.